The molecule has 6 aromatic carbocycles. The standard InChI is InChI=1S/C17H16FN5O3.C16H15F3N4O3.C16H14FN5O3.C15H13F3N4O3.C15H14F2N4O3.C15H12FN5O3/c1-10-7-22-9-20-15(16(24)26-2)14(22)8-23(10)17(25)21-12-3-4-13(18)11(5-12)6-19;1-8-6-23-13(10(5-20-23)15(24)26-2)7-22(8)16(25)21-9-3-11(17)14(19)12(18)4-9;1-25-15(23)12-8-19-22-5-4-21(9-14(12)22)16(24)20-11-2-3-13(17)10(6-11)7-18;1-7-5-22-12(9(4-19-22)14(23)24)6-21(7)15(25)20-8-2-10(16)13(18)11(17)3-8;1-8-6-21-13(10(5-18-21)14(22)23)7-20(8)15(24)19-9-2-3-11(16)12(17)4-9;16-12-2-1-10(5-9(12)6-17)19-15(24)20-3-4-21-13(8-20)11(7-18-21)14(22)23/h3-5,9-10H,7-8H2,1-2H3,(H,21,25);3-5,8H,6-7H2,1-2H3,(H,21,25);2-3,6,8H,4-5,9H2,1H3,(H,20,24);2-4,7H,5-6H2,1H3,(H,20,25)(H,23,24);2-5,8H,6-7H2,1H3,(H,19,24)(H,22,23);1-2,5,7H,3-4,8H2,(H,19,24)(H,22,23)/t10-;8-;;7-;8-;/m00.00./s1. The van der Waals surface area contributed by atoms with Gasteiger partial charge in [0, 0.05) is 90.1 Å². The Morgan fingerprint density at radius 2 is 0.593 bits per heavy atom. The van der Waals surface area contributed by atoms with Gasteiger partial charge in [-0.2, -0.15) is 41.3 Å². The van der Waals surface area contributed by atoms with Crippen LogP contribution in [0.25, 0.3) is 0 Å². The number of nitrogens with zero attached hydrogens (tertiary/aromatic N) is 21. The zero-order chi connectivity index (χ0) is 109. The molecule has 0 spiro atoms. The summed E-state index contributed by atoms with van der Waals surface area (Å²) in [5.74, 6) is -18.0. The Hall–Kier alpha value is -19.3. The highest BCUT2D eigenvalue weighted by molar-refractivity contribution is 5.97. The molecule has 12 amide bonds. The van der Waals surface area contributed by atoms with Crippen molar-refractivity contribution in [1.82, 2.24) is 87.9 Å². The smallest absolute Gasteiger partial charge is 0.358 e. The number of aromatic nitrogens is 12. The molecule has 0 fully saturated rings. The van der Waals surface area contributed by atoms with E-state index < -0.39 is 136 Å². The lowest BCUT2D eigenvalue weighted by atomic mass is 10.1. The highest BCUT2D eigenvalue weighted by Gasteiger charge is 2.39. The summed E-state index contributed by atoms with van der Waals surface area (Å²) in [6, 6.07) is 17.9. The average Bonchev–Trinajstić information content (AvgIpc) is 1.71. The van der Waals surface area contributed by atoms with Crippen LogP contribution in [0.3, 0.4) is 0 Å². The number of anilines is 6. The number of imidazole rings is 1. The van der Waals surface area contributed by atoms with Gasteiger partial charge < -0.3 is 95.4 Å². The number of amides is 12. The first kappa shape index (κ1) is 108. The monoisotopic (exact) mass is 2090 g/mol. The molecule has 0 bridgehead atoms. The maximum Gasteiger partial charge on any atom is 0.358 e. The third-order valence-corrected chi connectivity index (χ3v) is 23.9. The maximum atomic E-state index is 13.4. The van der Waals surface area contributed by atoms with Crippen LogP contribution in [0.15, 0.2) is 134 Å². The normalized spacial score (nSPS) is 15.2. The molecule has 0 aliphatic carbocycles. The Morgan fingerprint density at radius 1 is 0.320 bits per heavy atom. The lowest BCUT2D eigenvalue weighted by molar-refractivity contribution is 0.0583. The Kier molecular flexibility index (Phi) is 33.6. The Labute approximate surface area is 839 Å². The van der Waals surface area contributed by atoms with Gasteiger partial charge in [-0.05, 0) is 94.4 Å². The minimum atomic E-state index is -1.63. The van der Waals surface area contributed by atoms with Gasteiger partial charge in [0.25, 0.3) is 0 Å². The fourth-order valence-corrected chi connectivity index (χ4v) is 16.0. The van der Waals surface area contributed by atoms with Crippen LogP contribution < -0.4 is 31.9 Å². The van der Waals surface area contributed by atoms with E-state index in [1.165, 1.54) is 124 Å². The number of ether oxygens (including phenoxy) is 3. The number of carboxylic acid groups (broad SMARTS) is 3. The van der Waals surface area contributed by atoms with Crippen LogP contribution in [0.2, 0.25) is 0 Å². The topological polar surface area (TPSA) is 563 Å². The van der Waals surface area contributed by atoms with Crippen LogP contribution in [0.5, 0.6) is 0 Å². The van der Waals surface area contributed by atoms with E-state index >= 15 is 0 Å². The summed E-state index contributed by atoms with van der Waals surface area (Å²) >= 11 is 0. The van der Waals surface area contributed by atoms with E-state index in [1.54, 1.807) is 68.9 Å². The maximum absolute atomic E-state index is 13.4. The molecule has 0 saturated heterocycles. The number of rotatable bonds is 12. The number of aromatic carboxylic acids is 3. The molecule has 56 heteroatoms. The molecule has 4 atom stereocenters. The van der Waals surface area contributed by atoms with Crippen LogP contribution in [0.1, 0.15) is 141 Å². The molecule has 45 nitrogen and oxygen atoms in total. The molecule has 150 heavy (non-hydrogen) atoms. The van der Waals surface area contributed by atoms with Gasteiger partial charge in [-0.1, -0.05) is 0 Å². The minimum absolute atomic E-state index is 0.0245. The second-order valence-corrected chi connectivity index (χ2v) is 33.5. The highest BCUT2D eigenvalue weighted by atomic mass is 19.2. The number of carbonyl (C=O) groups excluding carboxylic acids is 9. The van der Waals surface area contributed by atoms with E-state index in [0.717, 1.165) is 30.3 Å². The molecule has 6 aliphatic rings. The van der Waals surface area contributed by atoms with Crippen molar-refractivity contribution in [3.8, 4) is 18.2 Å². The second kappa shape index (κ2) is 46.6. The van der Waals surface area contributed by atoms with Crippen molar-refractivity contribution in [3.05, 3.63) is 283 Å². The van der Waals surface area contributed by atoms with Crippen molar-refractivity contribution in [2.75, 3.05) is 66.3 Å². The molecule has 0 unspecified atom stereocenters. The number of hydrogen-bond acceptors (Lipinski definition) is 24. The number of benzene rings is 6. The summed E-state index contributed by atoms with van der Waals surface area (Å²) in [5.41, 5.74) is 3.75. The fraction of sp³-hybridized carbons (Fsp3) is 0.266. The minimum Gasteiger partial charge on any atom is -0.478 e. The number of nitrogens with one attached hydrogen (secondary N) is 6. The lowest BCUT2D eigenvalue weighted by Crippen LogP contribution is -2.47. The van der Waals surface area contributed by atoms with Crippen LogP contribution in [-0.4, -0.2) is 234 Å². The molecule has 780 valence electrons. The molecule has 18 rings (SSSR count). The highest BCUT2D eigenvalue weighted by Crippen LogP contribution is 2.32. The third kappa shape index (κ3) is 24.5. The second-order valence-electron chi connectivity index (χ2n) is 33.5. The van der Waals surface area contributed by atoms with E-state index in [9.17, 15) is 106 Å². The predicted molar refractivity (Wildman–Crippen MR) is 496 cm³/mol. The summed E-state index contributed by atoms with van der Waals surface area (Å²) in [4.78, 5) is 156. The average molecular weight is 2090 g/mol. The summed E-state index contributed by atoms with van der Waals surface area (Å²) < 4.78 is 169. The lowest BCUT2D eigenvalue weighted by Gasteiger charge is -2.34. The van der Waals surface area contributed by atoms with Gasteiger partial charge in [0.15, 0.2) is 52.2 Å². The van der Waals surface area contributed by atoms with Gasteiger partial charge in [0.2, 0.25) is 0 Å². The van der Waals surface area contributed by atoms with Gasteiger partial charge in [-0.25, -0.2) is 111 Å². The number of urea groups is 6. The van der Waals surface area contributed by atoms with Gasteiger partial charge >= 0.3 is 72.0 Å². The fourth-order valence-electron chi connectivity index (χ4n) is 16.0. The van der Waals surface area contributed by atoms with Crippen LogP contribution >= 0.6 is 0 Å². The van der Waals surface area contributed by atoms with Gasteiger partial charge in [-0.15, -0.1) is 0 Å². The van der Waals surface area contributed by atoms with E-state index in [0.29, 0.717) is 121 Å². The Morgan fingerprint density at radius 3 is 0.920 bits per heavy atom. The first-order valence-corrected chi connectivity index (χ1v) is 44.4. The van der Waals surface area contributed by atoms with Gasteiger partial charge in [0.05, 0.1) is 200 Å². The van der Waals surface area contributed by atoms with E-state index in [2.05, 4.69) is 67.1 Å². The van der Waals surface area contributed by atoms with Crippen molar-refractivity contribution < 1.29 is 135 Å². The largest absolute Gasteiger partial charge is 0.478 e. The number of halogens is 11. The van der Waals surface area contributed by atoms with Crippen molar-refractivity contribution in [3.63, 3.8) is 0 Å². The van der Waals surface area contributed by atoms with E-state index in [1.807, 2.05) is 11.5 Å². The summed E-state index contributed by atoms with van der Waals surface area (Å²) in [6.45, 7) is 10.6. The number of esters is 3. The molecule has 0 saturated carbocycles. The Balaban J connectivity index is 0.000000150. The van der Waals surface area contributed by atoms with Crippen molar-refractivity contribution in [1.29, 1.82) is 15.8 Å². The van der Waals surface area contributed by atoms with Crippen molar-refractivity contribution >= 4 is 106 Å². The molecule has 12 heterocycles. The molecule has 12 aromatic rings. The first-order valence-electron chi connectivity index (χ1n) is 44.4. The SMILES string of the molecule is COC(=O)c1cnn2c1CN(C(=O)Nc1cc(F)c(F)c(F)c1)[C@@H](C)C2.COC(=O)c1cnn2c1CN(C(=O)Nc1ccc(F)c(C#N)c1)CC2.COC(=O)c1ncn2c1CN(C(=O)Nc1ccc(F)c(C#N)c1)[C@@H](C)C2.C[C@H]1Cn2ncc(C(=O)O)c2CN1C(=O)Nc1cc(F)c(F)c(F)c1.C[C@H]1Cn2ncc(C(=O)O)c2CN1C(=O)Nc1ccc(F)c(F)c1.N#Cc1cc(NC(=O)N2CCn3ncc(C(=O)O)c3C2)ccc1F. The number of fused-ring (bicyclic) bond motifs is 6. The summed E-state index contributed by atoms with van der Waals surface area (Å²) in [5, 5.41) is 89.2. The van der Waals surface area contributed by atoms with E-state index in [4.69, 9.17) is 40.6 Å². The Bertz CT molecular complexity index is 7430. The third-order valence-electron chi connectivity index (χ3n) is 23.9. The number of hydrogen-bond donors (Lipinski definition) is 9. The quantitative estimate of drug-likeness (QED) is 0.0237. The number of methoxy groups -OCH3 is 3. The number of carbonyl (C=O) groups is 12. The van der Waals surface area contributed by atoms with Crippen molar-refractivity contribution in [2.45, 2.75) is 130 Å². The zero-order valence-electron chi connectivity index (χ0n) is 79.4. The van der Waals surface area contributed by atoms with Crippen molar-refractivity contribution in [2.24, 2.45) is 0 Å². The van der Waals surface area contributed by atoms with Crippen LogP contribution in [-0.2, 0) is 92.7 Å². The predicted octanol–water partition coefficient (Wildman–Crippen LogP) is 12.7. The van der Waals surface area contributed by atoms with Crippen LogP contribution in [0.4, 0.5) is 111 Å². The molecule has 6 aliphatic heterocycles. The molecular weight excluding hydrogens is 2000 g/mol. The molecule has 6 aromatic heterocycles. The first-order chi connectivity index (χ1) is 71.4. The molecule has 9 N–H and O–H groups in total. The summed E-state index contributed by atoms with van der Waals surface area (Å²) in [6.07, 6.45) is 8.05. The van der Waals surface area contributed by atoms with Gasteiger partial charge in [0.1, 0.15) is 63.5 Å². The van der Waals surface area contributed by atoms with Gasteiger partial charge in [-0.3, -0.25) is 23.4 Å². The zero-order valence-corrected chi connectivity index (χ0v) is 79.4. The van der Waals surface area contributed by atoms with Crippen LogP contribution in [0, 0.1) is 98.0 Å². The number of carboxylic acids is 3. The number of nitriles is 3. The van der Waals surface area contributed by atoms with E-state index in [-0.39, 0.29) is 137 Å². The molecule has 0 radical (unpaired) electrons. The molecular formula is C94H84F11N27O18. The summed E-state index contributed by atoms with van der Waals surface area (Å²) in [7, 11) is 3.78.